The molecule has 1 aromatic heterocycles. The van der Waals surface area contributed by atoms with Crippen LogP contribution in [0.1, 0.15) is 84.7 Å². The number of phenolic OH excluding ortho intramolecular Hbond substituents is 2. The van der Waals surface area contributed by atoms with Crippen LogP contribution in [0.2, 0.25) is 0 Å². The summed E-state index contributed by atoms with van der Waals surface area (Å²) in [7, 11) is 0. The van der Waals surface area contributed by atoms with Crippen molar-refractivity contribution in [1.82, 2.24) is 0 Å². The van der Waals surface area contributed by atoms with E-state index in [0.717, 1.165) is 11.1 Å². The monoisotopic (exact) mass is 584 g/mol. The third-order valence-electron chi connectivity index (χ3n) is 5.77. The molecule has 2 aromatic carbocycles. The Labute approximate surface area is 247 Å². The van der Waals surface area contributed by atoms with Crippen molar-refractivity contribution >= 4 is 15.7 Å². The van der Waals surface area contributed by atoms with Crippen molar-refractivity contribution in [1.29, 1.82) is 0 Å². The van der Waals surface area contributed by atoms with E-state index in [9.17, 15) is 10.2 Å². The zero-order valence-corrected chi connectivity index (χ0v) is 27.5. The van der Waals surface area contributed by atoms with Crippen molar-refractivity contribution in [2.45, 2.75) is 87.0 Å². The number of phenols is 2. The number of aromatic hydroxyl groups is 2. The van der Waals surface area contributed by atoms with Crippen LogP contribution in [0.3, 0.4) is 0 Å². The van der Waals surface area contributed by atoms with Gasteiger partial charge in [-0.15, -0.1) is 0 Å². The summed E-state index contributed by atoms with van der Waals surface area (Å²) in [5, 5.41) is 19.1. The fourth-order valence-electron chi connectivity index (χ4n) is 3.41. The average Bonchev–Trinajstić information content (AvgIpc) is 2.97. The zero-order valence-electron chi connectivity index (χ0n) is 23.6. The first kappa shape index (κ1) is 37.1. The molecular weight excluding hydrogens is 543 g/mol. The van der Waals surface area contributed by atoms with Crippen molar-refractivity contribution in [2.24, 2.45) is 0 Å². The second-order valence-corrected chi connectivity index (χ2v) is 12.7. The van der Waals surface area contributed by atoms with Crippen LogP contribution >= 0.6 is 11.3 Å². The SMILES string of the molecule is Cc1ccc(O)c(C(C)(C)C)c1.Cc1ccc(O)c(C(C)(C)C)c1.Cc1sc([CH]=[Ti])c(C)c1C.[Cl-].[Cl-]. The van der Waals surface area contributed by atoms with Crippen LogP contribution in [-0.2, 0) is 30.8 Å². The Kier molecular flexibility index (Phi) is 15.8. The van der Waals surface area contributed by atoms with Gasteiger partial charge in [-0.05, 0) is 47.9 Å². The first-order valence-corrected chi connectivity index (χ1v) is 13.4. The molecule has 0 aliphatic rings. The van der Waals surface area contributed by atoms with E-state index in [1.807, 2.05) is 49.4 Å². The maximum Gasteiger partial charge on any atom is -1.00 e. The summed E-state index contributed by atoms with van der Waals surface area (Å²) in [5.74, 6) is 0.793. The van der Waals surface area contributed by atoms with Gasteiger partial charge in [0.15, 0.2) is 0 Å². The molecule has 2 N–H and O–H groups in total. The van der Waals surface area contributed by atoms with Gasteiger partial charge in [0.05, 0.1) is 0 Å². The molecular formula is C30H42Cl2O2STi-2. The van der Waals surface area contributed by atoms with Gasteiger partial charge in [0.25, 0.3) is 0 Å². The first-order valence-electron chi connectivity index (χ1n) is 11.7. The van der Waals surface area contributed by atoms with Crippen LogP contribution < -0.4 is 24.8 Å². The topological polar surface area (TPSA) is 40.5 Å². The molecule has 0 saturated carbocycles. The molecule has 36 heavy (non-hydrogen) atoms. The molecule has 3 aromatic rings. The number of thiophene rings is 1. The molecule has 0 fully saturated rings. The fraction of sp³-hybridized carbons (Fsp3) is 0.433. The van der Waals surface area contributed by atoms with Crippen LogP contribution in [0.25, 0.3) is 0 Å². The molecule has 0 amide bonds. The van der Waals surface area contributed by atoms with E-state index in [1.54, 1.807) is 12.1 Å². The zero-order chi connectivity index (χ0) is 26.4. The van der Waals surface area contributed by atoms with Gasteiger partial charge >= 0.3 is 77.3 Å². The molecule has 200 valence electrons. The van der Waals surface area contributed by atoms with Gasteiger partial charge < -0.3 is 35.0 Å². The Bertz CT molecular complexity index is 1060. The summed E-state index contributed by atoms with van der Waals surface area (Å²) in [6.45, 7) is 23.2. The summed E-state index contributed by atoms with van der Waals surface area (Å²) in [4.78, 5) is 2.88. The maximum absolute atomic E-state index is 9.57. The third kappa shape index (κ3) is 11.1. The van der Waals surface area contributed by atoms with Gasteiger partial charge in [0.2, 0.25) is 0 Å². The molecule has 0 atom stereocenters. The minimum atomic E-state index is 0. The van der Waals surface area contributed by atoms with Crippen LogP contribution in [0.4, 0.5) is 0 Å². The molecule has 6 heteroatoms. The van der Waals surface area contributed by atoms with Crippen molar-refractivity contribution in [3.63, 3.8) is 0 Å². The average molecular weight is 586 g/mol. The molecule has 2 nitrogen and oxygen atoms in total. The standard InChI is InChI=1S/2C11H16O.C8H10S.2ClH.Ti/c2*1-8-5-6-10(12)9(7-8)11(2,3)4;1-5-6(2)8(4)9-7(5)3;;;/h2*5-7,12H,1-4H3;3H,1-2,4H3;2*1H;/p-2. The van der Waals surface area contributed by atoms with Crippen LogP contribution in [0, 0.1) is 34.6 Å². The number of hydrogen-bond donors (Lipinski definition) is 2. The van der Waals surface area contributed by atoms with Crippen molar-refractivity contribution in [2.75, 3.05) is 0 Å². The first-order chi connectivity index (χ1) is 15.5. The number of benzene rings is 2. The predicted octanol–water partition coefficient (Wildman–Crippen LogP) is 2.37. The quantitative estimate of drug-likeness (QED) is 0.431. The normalized spacial score (nSPS) is 10.5. The van der Waals surface area contributed by atoms with Crippen molar-refractivity contribution in [3.05, 3.63) is 79.5 Å². The van der Waals surface area contributed by atoms with Gasteiger partial charge in [-0.1, -0.05) is 76.9 Å². The smallest absolute Gasteiger partial charge is 1.00 e. The van der Waals surface area contributed by atoms with Crippen molar-refractivity contribution < 1.29 is 55.0 Å². The van der Waals surface area contributed by atoms with E-state index < -0.39 is 0 Å². The molecule has 0 unspecified atom stereocenters. The summed E-state index contributed by atoms with van der Waals surface area (Å²) in [6.07, 6.45) is 0. The largest absolute Gasteiger partial charge is 1.00 e. The molecule has 1 heterocycles. The van der Waals surface area contributed by atoms with E-state index in [2.05, 4.69) is 86.6 Å². The number of rotatable bonds is 1. The van der Waals surface area contributed by atoms with Gasteiger partial charge in [-0.25, -0.2) is 0 Å². The van der Waals surface area contributed by atoms with Crippen LogP contribution in [0.15, 0.2) is 36.4 Å². The Hall–Kier alpha value is -1.10. The van der Waals surface area contributed by atoms with Gasteiger partial charge in [0.1, 0.15) is 11.5 Å². The summed E-state index contributed by atoms with van der Waals surface area (Å²) in [6, 6.07) is 11.4. The van der Waals surface area contributed by atoms with Gasteiger partial charge in [0, 0.05) is 0 Å². The second-order valence-electron chi connectivity index (χ2n) is 11.0. The van der Waals surface area contributed by atoms with Crippen LogP contribution in [-0.4, -0.2) is 14.5 Å². The fourth-order valence-corrected chi connectivity index (χ4v) is 5.02. The molecule has 3 rings (SSSR count). The Morgan fingerprint density at radius 3 is 1.22 bits per heavy atom. The second kappa shape index (κ2) is 15.3. The molecule has 0 aliphatic carbocycles. The van der Waals surface area contributed by atoms with E-state index in [0.29, 0.717) is 11.5 Å². The summed E-state index contributed by atoms with van der Waals surface area (Å²) in [5.41, 5.74) is 7.37. The van der Waals surface area contributed by atoms with E-state index in [4.69, 9.17) is 0 Å². The Morgan fingerprint density at radius 1 is 0.667 bits per heavy atom. The number of halogens is 2. The van der Waals surface area contributed by atoms with Gasteiger partial charge in [-0.2, -0.15) is 0 Å². The summed E-state index contributed by atoms with van der Waals surface area (Å²) < 4.78 is 2.18. The predicted molar refractivity (Wildman–Crippen MR) is 147 cm³/mol. The summed E-state index contributed by atoms with van der Waals surface area (Å²) >= 11 is 3.98. The van der Waals surface area contributed by atoms with E-state index in [-0.39, 0.29) is 35.6 Å². The van der Waals surface area contributed by atoms with E-state index in [1.165, 1.54) is 32.0 Å². The van der Waals surface area contributed by atoms with Gasteiger partial charge in [-0.3, -0.25) is 0 Å². The molecule has 0 spiro atoms. The minimum Gasteiger partial charge on any atom is -1.00 e. The Morgan fingerprint density at radius 2 is 1.03 bits per heavy atom. The third-order valence-corrected chi connectivity index (χ3v) is 7.81. The molecule has 0 radical (unpaired) electrons. The van der Waals surface area contributed by atoms with E-state index >= 15 is 0 Å². The molecule has 0 bridgehead atoms. The minimum absolute atomic E-state index is 0. The molecule has 0 saturated heterocycles. The van der Waals surface area contributed by atoms with Crippen molar-refractivity contribution in [3.8, 4) is 11.5 Å². The van der Waals surface area contributed by atoms with Crippen LogP contribution in [0.5, 0.6) is 11.5 Å². The molecule has 0 aliphatic heterocycles. The Balaban J connectivity index is 0. The number of hydrogen-bond acceptors (Lipinski definition) is 3. The number of aryl methyl sites for hydroxylation is 3. The maximum atomic E-state index is 9.57.